The second-order valence-electron chi connectivity index (χ2n) is 7.96. The molecule has 0 saturated carbocycles. The van der Waals surface area contributed by atoms with E-state index in [0.29, 0.717) is 12.5 Å². The van der Waals surface area contributed by atoms with Crippen molar-refractivity contribution in [3.63, 3.8) is 0 Å². The summed E-state index contributed by atoms with van der Waals surface area (Å²) in [5.74, 6) is -0.639. The summed E-state index contributed by atoms with van der Waals surface area (Å²) in [6.07, 6.45) is 0.435. The highest BCUT2D eigenvalue weighted by atomic mass is 19.1. The number of primary amides is 1. The lowest BCUT2D eigenvalue weighted by Crippen LogP contribution is -2.43. The van der Waals surface area contributed by atoms with E-state index in [4.69, 9.17) is 5.73 Å². The zero-order chi connectivity index (χ0) is 22.5. The number of nitrogens with zero attached hydrogens (tertiary/aromatic N) is 4. The summed E-state index contributed by atoms with van der Waals surface area (Å²) in [5.41, 5.74) is 7.25. The molecule has 0 bridgehead atoms. The molecule has 164 valence electrons. The van der Waals surface area contributed by atoms with Crippen LogP contribution in [0.25, 0.3) is 0 Å². The van der Waals surface area contributed by atoms with Crippen molar-refractivity contribution >= 4 is 29.1 Å². The number of alkyl halides is 1. The van der Waals surface area contributed by atoms with E-state index >= 15 is 0 Å². The van der Waals surface area contributed by atoms with Crippen LogP contribution in [-0.2, 0) is 4.79 Å². The van der Waals surface area contributed by atoms with Crippen LogP contribution in [0.3, 0.4) is 0 Å². The fourth-order valence-corrected chi connectivity index (χ4v) is 3.51. The minimum absolute atomic E-state index is 0.0707. The van der Waals surface area contributed by atoms with Crippen molar-refractivity contribution in [3.05, 3.63) is 48.2 Å². The van der Waals surface area contributed by atoms with Crippen LogP contribution in [0.2, 0.25) is 0 Å². The van der Waals surface area contributed by atoms with Gasteiger partial charge in [0.15, 0.2) is 17.3 Å². The lowest BCUT2D eigenvalue weighted by Gasteiger charge is -2.34. The molecule has 1 aliphatic rings. The SMILES string of the molecule is C=CC(=O)C[C@H]1CN(c2nnc(C(N)=O)c(Nc3ccc(C(C)C)cc3)n2)CC[C@H]1F. The Morgan fingerprint density at radius 1 is 1.32 bits per heavy atom. The Labute approximate surface area is 180 Å². The highest BCUT2D eigenvalue weighted by Crippen LogP contribution is 2.27. The van der Waals surface area contributed by atoms with Crippen molar-refractivity contribution < 1.29 is 14.0 Å². The van der Waals surface area contributed by atoms with Crippen molar-refractivity contribution in [2.75, 3.05) is 23.3 Å². The number of aromatic nitrogens is 3. The number of allylic oxidation sites excluding steroid dienone is 1. The Hall–Kier alpha value is -3.36. The minimum atomic E-state index is -1.09. The van der Waals surface area contributed by atoms with E-state index in [-0.39, 0.29) is 42.6 Å². The van der Waals surface area contributed by atoms with E-state index in [1.54, 1.807) is 4.90 Å². The Balaban J connectivity index is 1.84. The molecular weight excluding hydrogens is 399 g/mol. The molecule has 2 aromatic rings. The van der Waals surface area contributed by atoms with Crippen LogP contribution < -0.4 is 16.0 Å². The minimum Gasteiger partial charge on any atom is -0.364 e. The number of hydrogen-bond acceptors (Lipinski definition) is 7. The van der Waals surface area contributed by atoms with Gasteiger partial charge in [-0.15, -0.1) is 10.2 Å². The van der Waals surface area contributed by atoms with Crippen molar-refractivity contribution in [2.45, 2.75) is 38.8 Å². The van der Waals surface area contributed by atoms with Crippen molar-refractivity contribution in [1.29, 1.82) is 0 Å². The van der Waals surface area contributed by atoms with Gasteiger partial charge in [-0.1, -0.05) is 32.6 Å². The van der Waals surface area contributed by atoms with Gasteiger partial charge in [0.25, 0.3) is 5.91 Å². The van der Waals surface area contributed by atoms with Gasteiger partial charge in [0.2, 0.25) is 5.95 Å². The second kappa shape index (κ2) is 9.63. The van der Waals surface area contributed by atoms with Gasteiger partial charge in [0, 0.05) is 31.1 Å². The molecule has 2 heterocycles. The van der Waals surface area contributed by atoms with Gasteiger partial charge in [-0.3, -0.25) is 9.59 Å². The monoisotopic (exact) mass is 426 g/mol. The van der Waals surface area contributed by atoms with Crippen LogP contribution in [0.4, 0.5) is 21.8 Å². The van der Waals surface area contributed by atoms with Gasteiger partial charge in [-0.25, -0.2) is 4.39 Å². The van der Waals surface area contributed by atoms with Crippen LogP contribution in [0, 0.1) is 5.92 Å². The number of carbonyl (C=O) groups is 2. The molecule has 1 saturated heterocycles. The van der Waals surface area contributed by atoms with Crippen molar-refractivity contribution in [2.24, 2.45) is 11.7 Å². The number of benzene rings is 1. The number of nitrogens with one attached hydrogen (secondary N) is 1. The summed E-state index contributed by atoms with van der Waals surface area (Å²) in [7, 11) is 0. The third-order valence-electron chi connectivity index (χ3n) is 5.36. The summed E-state index contributed by atoms with van der Waals surface area (Å²) >= 11 is 0. The van der Waals surface area contributed by atoms with E-state index in [1.807, 2.05) is 24.3 Å². The molecular formula is C22H27FN6O2. The summed E-state index contributed by atoms with van der Waals surface area (Å²) < 4.78 is 14.3. The zero-order valence-electron chi connectivity index (χ0n) is 17.7. The Morgan fingerprint density at radius 3 is 2.65 bits per heavy atom. The molecule has 0 spiro atoms. The Morgan fingerprint density at radius 2 is 2.03 bits per heavy atom. The molecule has 1 fully saturated rings. The van der Waals surface area contributed by atoms with Crippen LogP contribution >= 0.6 is 0 Å². The molecule has 8 nitrogen and oxygen atoms in total. The van der Waals surface area contributed by atoms with Gasteiger partial charge in [0.05, 0.1) is 0 Å². The zero-order valence-corrected chi connectivity index (χ0v) is 17.7. The maximum atomic E-state index is 14.3. The molecule has 0 unspecified atom stereocenters. The van der Waals surface area contributed by atoms with Gasteiger partial charge < -0.3 is 16.0 Å². The summed E-state index contributed by atoms with van der Waals surface area (Å²) in [5, 5.41) is 11.0. The average Bonchev–Trinajstić information content (AvgIpc) is 2.75. The van der Waals surface area contributed by atoms with E-state index in [9.17, 15) is 14.0 Å². The Kier molecular flexibility index (Phi) is 6.94. The molecule has 3 rings (SSSR count). The van der Waals surface area contributed by atoms with E-state index < -0.39 is 18.0 Å². The third-order valence-corrected chi connectivity index (χ3v) is 5.36. The number of halogens is 1. The third kappa shape index (κ3) is 5.42. The number of ketones is 1. The largest absolute Gasteiger partial charge is 0.364 e. The quantitative estimate of drug-likeness (QED) is 0.623. The van der Waals surface area contributed by atoms with Gasteiger partial charge in [-0.05, 0) is 36.1 Å². The highest BCUT2D eigenvalue weighted by molar-refractivity contribution is 5.96. The molecule has 9 heteroatoms. The highest BCUT2D eigenvalue weighted by Gasteiger charge is 2.32. The van der Waals surface area contributed by atoms with Crippen molar-refractivity contribution in [1.82, 2.24) is 15.2 Å². The topological polar surface area (TPSA) is 114 Å². The smallest absolute Gasteiger partial charge is 0.273 e. The van der Waals surface area contributed by atoms with Crippen LogP contribution in [0.5, 0.6) is 0 Å². The maximum Gasteiger partial charge on any atom is 0.273 e. The fourth-order valence-electron chi connectivity index (χ4n) is 3.51. The summed E-state index contributed by atoms with van der Waals surface area (Å²) in [4.78, 5) is 29.7. The molecule has 31 heavy (non-hydrogen) atoms. The molecule has 1 aromatic heterocycles. The first kappa shape index (κ1) is 22.3. The number of amides is 1. The first-order valence-electron chi connectivity index (χ1n) is 10.2. The van der Waals surface area contributed by atoms with E-state index in [1.165, 1.54) is 11.6 Å². The second-order valence-corrected chi connectivity index (χ2v) is 7.96. The fraction of sp³-hybridized carbons (Fsp3) is 0.409. The van der Waals surface area contributed by atoms with Crippen LogP contribution in [-0.4, -0.2) is 46.1 Å². The number of piperidine rings is 1. The molecule has 0 aliphatic carbocycles. The van der Waals surface area contributed by atoms with E-state index in [0.717, 1.165) is 5.69 Å². The standard InChI is InChI=1S/C22H27FN6O2/c1-4-17(30)11-15-12-29(10-9-18(15)23)22-26-21(19(20(24)31)27-28-22)25-16-7-5-14(6-8-16)13(2)3/h4-8,13,15,18H,1,9-12H2,2-3H3,(H2,24,31)(H,25,26,28)/t15-,18+/m0/s1. The first-order valence-corrected chi connectivity index (χ1v) is 10.2. The lowest BCUT2D eigenvalue weighted by molar-refractivity contribution is -0.116. The van der Waals surface area contributed by atoms with Crippen LogP contribution in [0.15, 0.2) is 36.9 Å². The van der Waals surface area contributed by atoms with Gasteiger partial charge in [-0.2, -0.15) is 4.98 Å². The van der Waals surface area contributed by atoms with Crippen LogP contribution in [0.1, 0.15) is 48.7 Å². The summed E-state index contributed by atoms with van der Waals surface area (Å²) in [6, 6.07) is 7.74. The molecule has 1 aliphatic heterocycles. The molecule has 0 radical (unpaired) electrons. The van der Waals surface area contributed by atoms with Crippen molar-refractivity contribution in [3.8, 4) is 0 Å². The van der Waals surface area contributed by atoms with Gasteiger partial charge >= 0.3 is 0 Å². The number of carbonyl (C=O) groups excluding carboxylic acids is 2. The van der Waals surface area contributed by atoms with Gasteiger partial charge in [0.1, 0.15) is 6.17 Å². The number of hydrogen-bond donors (Lipinski definition) is 2. The number of nitrogens with two attached hydrogens (primary N) is 1. The molecule has 1 amide bonds. The summed E-state index contributed by atoms with van der Waals surface area (Å²) in [6.45, 7) is 8.29. The maximum absolute atomic E-state index is 14.3. The van der Waals surface area contributed by atoms with E-state index in [2.05, 4.69) is 40.9 Å². The predicted octanol–water partition coefficient (Wildman–Crippen LogP) is 3.15. The first-order chi connectivity index (χ1) is 14.8. The molecule has 3 N–H and O–H groups in total. The molecule has 1 aromatic carbocycles. The lowest BCUT2D eigenvalue weighted by atomic mass is 9.91. The number of rotatable bonds is 8. The molecule has 2 atom stereocenters. The predicted molar refractivity (Wildman–Crippen MR) is 117 cm³/mol. The normalized spacial score (nSPS) is 18.6. The number of anilines is 3. The average molecular weight is 426 g/mol. The Bertz CT molecular complexity index is 963.